The van der Waals surface area contributed by atoms with Crippen LogP contribution in [0.25, 0.3) is 11.3 Å². The standard InChI is InChI=1S/C10H10N4O/c1-15-13-7-9-6-12-14-10(9)8-3-2-4-11-5-8/h2-7H,1H3,(H,12,14)/b13-7+. The minimum absolute atomic E-state index is 0.866. The van der Waals surface area contributed by atoms with Gasteiger partial charge in [-0.3, -0.25) is 10.1 Å². The summed E-state index contributed by atoms with van der Waals surface area (Å²) in [4.78, 5) is 8.66. The van der Waals surface area contributed by atoms with Crippen LogP contribution in [0.1, 0.15) is 5.56 Å². The summed E-state index contributed by atoms with van der Waals surface area (Å²) in [5, 5.41) is 10.5. The predicted molar refractivity (Wildman–Crippen MR) is 56.4 cm³/mol. The van der Waals surface area contributed by atoms with Gasteiger partial charge in [-0.2, -0.15) is 5.10 Å². The average Bonchev–Trinajstić information content (AvgIpc) is 2.75. The van der Waals surface area contributed by atoms with Crippen LogP contribution in [0.4, 0.5) is 0 Å². The van der Waals surface area contributed by atoms with Crippen molar-refractivity contribution in [3.05, 3.63) is 36.3 Å². The summed E-state index contributed by atoms with van der Waals surface area (Å²) in [6.07, 6.45) is 6.77. The molecule has 0 saturated carbocycles. The van der Waals surface area contributed by atoms with Crippen LogP contribution in [0.15, 0.2) is 35.9 Å². The summed E-state index contributed by atoms with van der Waals surface area (Å²) < 4.78 is 0. The van der Waals surface area contributed by atoms with Gasteiger partial charge in [-0.05, 0) is 12.1 Å². The largest absolute Gasteiger partial charge is 0.399 e. The molecular weight excluding hydrogens is 192 g/mol. The Balaban J connectivity index is 2.37. The lowest BCUT2D eigenvalue weighted by Gasteiger charge is -1.97. The Morgan fingerprint density at radius 2 is 2.40 bits per heavy atom. The second kappa shape index (κ2) is 4.36. The molecule has 0 saturated heterocycles. The van der Waals surface area contributed by atoms with Gasteiger partial charge in [-0.1, -0.05) is 5.16 Å². The van der Waals surface area contributed by atoms with Crippen molar-refractivity contribution in [1.82, 2.24) is 15.2 Å². The van der Waals surface area contributed by atoms with Crippen molar-refractivity contribution >= 4 is 6.21 Å². The van der Waals surface area contributed by atoms with Crippen molar-refractivity contribution in [2.75, 3.05) is 7.11 Å². The molecule has 0 aliphatic heterocycles. The maximum atomic E-state index is 4.62. The summed E-state index contributed by atoms with van der Waals surface area (Å²) >= 11 is 0. The third kappa shape index (κ3) is 2.01. The molecule has 0 aliphatic carbocycles. The third-order valence-electron chi connectivity index (χ3n) is 1.92. The zero-order chi connectivity index (χ0) is 10.5. The number of nitrogens with one attached hydrogen (secondary N) is 1. The number of hydrogen-bond acceptors (Lipinski definition) is 4. The molecule has 15 heavy (non-hydrogen) atoms. The van der Waals surface area contributed by atoms with E-state index in [4.69, 9.17) is 0 Å². The van der Waals surface area contributed by atoms with Crippen LogP contribution >= 0.6 is 0 Å². The number of H-pyrrole nitrogens is 1. The smallest absolute Gasteiger partial charge is 0.106 e. The molecule has 0 bridgehead atoms. The molecule has 0 amide bonds. The van der Waals surface area contributed by atoms with Crippen LogP contribution in [0.3, 0.4) is 0 Å². The highest BCUT2D eigenvalue weighted by Crippen LogP contribution is 2.17. The summed E-state index contributed by atoms with van der Waals surface area (Å²) in [6, 6.07) is 3.82. The molecule has 76 valence electrons. The van der Waals surface area contributed by atoms with Crippen molar-refractivity contribution in [2.45, 2.75) is 0 Å². The van der Waals surface area contributed by atoms with E-state index in [0.29, 0.717) is 0 Å². The molecule has 5 heteroatoms. The Morgan fingerprint density at radius 1 is 1.47 bits per heavy atom. The number of nitrogens with zero attached hydrogens (tertiary/aromatic N) is 3. The molecule has 0 radical (unpaired) electrons. The quantitative estimate of drug-likeness (QED) is 0.605. The molecule has 0 fully saturated rings. The van der Waals surface area contributed by atoms with Crippen LogP contribution in [0.2, 0.25) is 0 Å². The predicted octanol–water partition coefficient (Wildman–Crippen LogP) is 1.45. The summed E-state index contributed by atoms with van der Waals surface area (Å²) in [5.74, 6) is 0. The monoisotopic (exact) mass is 202 g/mol. The van der Waals surface area contributed by atoms with Crippen LogP contribution in [0.5, 0.6) is 0 Å². The summed E-state index contributed by atoms with van der Waals surface area (Å²) in [6.45, 7) is 0. The first-order valence-electron chi connectivity index (χ1n) is 4.42. The number of hydrogen-bond donors (Lipinski definition) is 1. The Labute approximate surface area is 86.8 Å². The fourth-order valence-electron chi connectivity index (χ4n) is 1.24. The highest BCUT2D eigenvalue weighted by atomic mass is 16.6. The van der Waals surface area contributed by atoms with Crippen molar-refractivity contribution in [2.24, 2.45) is 5.16 Å². The highest BCUT2D eigenvalue weighted by molar-refractivity contribution is 5.87. The molecule has 0 atom stereocenters. The van der Waals surface area contributed by atoms with Crippen LogP contribution in [0, 0.1) is 0 Å². The molecule has 2 rings (SSSR count). The van der Waals surface area contributed by atoms with E-state index in [2.05, 4.69) is 25.2 Å². The first-order valence-corrected chi connectivity index (χ1v) is 4.42. The SMILES string of the molecule is CO/N=C/c1cn[nH]c1-c1cccnc1. The van der Waals surface area contributed by atoms with Crippen molar-refractivity contribution < 1.29 is 4.84 Å². The molecule has 0 aromatic carbocycles. The van der Waals surface area contributed by atoms with Gasteiger partial charge in [-0.25, -0.2) is 0 Å². The number of rotatable bonds is 3. The lowest BCUT2D eigenvalue weighted by atomic mass is 10.1. The number of aromatic amines is 1. The maximum absolute atomic E-state index is 4.62. The van der Waals surface area contributed by atoms with Crippen molar-refractivity contribution in [1.29, 1.82) is 0 Å². The van der Waals surface area contributed by atoms with E-state index >= 15 is 0 Å². The molecule has 1 N–H and O–H groups in total. The molecule has 2 aromatic rings. The van der Waals surface area contributed by atoms with E-state index in [-0.39, 0.29) is 0 Å². The summed E-state index contributed by atoms with van der Waals surface area (Å²) in [7, 11) is 1.50. The van der Waals surface area contributed by atoms with Gasteiger partial charge in [0, 0.05) is 23.5 Å². The van der Waals surface area contributed by atoms with Crippen LogP contribution in [-0.2, 0) is 4.84 Å². The molecule has 5 nitrogen and oxygen atoms in total. The van der Waals surface area contributed by atoms with E-state index < -0.39 is 0 Å². The minimum atomic E-state index is 0.866. The average molecular weight is 202 g/mol. The minimum Gasteiger partial charge on any atom is -0.399 e. The van der Waals surface area contributed by atoms with Gasteiger partial charge in [0.2, 0.25) is 0 Å². The molecule has 2 aromatic heterocycles. The third-order valence-corrected chi connectivity index (χ3v) is 1.92. The molecule has 2 heterocycles. The van der Waals surface area contributed by atoms with E-state index in [1.807, 2.05) is 12.1 Å². The van der Waals surface area contributed by atoms with Crippen LogP contribution in [-0.4, -0.2) is 28.5 Å². The number of aromatic nitrogens is 3. The lowest BCUT2D eigenvalue weighted by Crippen LogP contribution is -1.86. The second-order valence-electron chi connectivity index (χ2n) is 2.86. The van der Waals surface area contributed by atoms with Crippen LogP contribution < -0.4 is 0 Å². The topological polar surface area (TPSA) is 63.2 Å². The second-order valence-corrected chi connectivity index (χ2v) is 2.86. The first-order chi connectivity index (χ1) is 7.42. The van der Waals surface area contributed by atoms with Gasteiger partial charge in [0.1, 0.15) is 7.11 Å². The zero-order valence-electron chi connectivity index (χ0n) is 8.21. The lowest BCUT2D eigenvalue weighted by molar-refractivity contribution is 0.215. The van der Waals surface area contributed by atoms with Gasteiger partial charge in [0.25, 0.3) is 0 Å². The Morgan fingerprint density at radius 3 is 3.13 bits per heavy atom. The normalized spacial score (nSPS) is 10.7. The van der Waals surface area contributed by atoms with Gasteiger partial charge in [0.15, 0.2) is 0 Å². The zero-order valence-corrected chi connectivity index (χ0v) is 8.21. The maximum Gasteiger partial charge on any atom is 0.106 e. The van der Waals surface area contributed by atoms with E-state index in [9.17, 15) is 0 Å². The number of oxime groups is 1. The Kier molecular flexibility index (Phi) is 2.73. The fourth-order valence-corrected chi connectivity index (χ4v) is 1.24. The first kappa shape index (κ1) is 9.39. The highest BCUT2D eigenvalue weighted by Gasteiger charge is 2.05. The van der Waals surface area contributed by atoms with Crippen molar-refractivity contribution in [3.8, 4) is 11.3 Å². The number of pyridine rings is 1. The molecule has 0 aliphatic rings. The Hall–Kier alpha value is -2.17. The molecular formula is C10H10N4O. The van der Waals surface area contributed by atoms with E-state index in [1.165, 1.54) is 7.11 Å². The van der Waals surface area contributed by atoms with E-state index in [0.717, 1.165) is 16.8 Å². The fraction of sp³-hybridized carbons (Fsp3) is 0.100. The van der Waals surface area contributed by atoms with Gasteiger partial charge in [0.05, 0.1) is 18.1 Å². The van der Waals surface area contributed by atoms with Gasteiger partial charge >= 0.3 is 0 Å². The molecule has 0 unspecified atom stereocenters. The van der Waals surface area contributed by atoms with Gasteiger partial charge in [-0.15, -0.1) is 0 Å². The molecule has 0 spiro atoms. The van der Waals surface area contributed by atoms with Crippen molar-refractivity contribution in [3.63, 3.8) is 0 Å². The Bertz CT molecular complexity index is 449. The van der Waals surface area contributed by atoms with Gasteiger partial charge < -0.3 is 4.84 Å². The summed E-state index contributed by atoms with van der Waals surface area (Å²) in [5.41, 5.74) is 2.71. The van der Waals surface area contributed by atoms with E-state index in [1.54, 1.807) is 24.8 Å².